The maximum absolute atomic E-state index is 12.1. The van der Waals surface area contributed by atoms with Crippen LogP contribution in [-0.2, 0) is 16.1 Å². The number of imidazole rings is 1. The van der Waals surface area contributed by atoms with Gasteiger partial charge in [-0.05, 0) is 43.5 Å². The van der Waals surface area contributed by atoms with Gasteiger partial charge in [-0.2, -0.15) is 0 Å². The summed E-state index contributed by atoms with van der Waals surface area (Å²) in [6, 6.07) is 15.6. The summed E-state index contributed by atoms with van der Waals surface area (Å²) in [7, 11) is 0. The molecule has 0 radical (unpaired) electrons. The molecule has 0 fully saturated rings. The van der Waals surface area contributed by atoms with E-state index in [2.05, 4.69) is 15.6 Å². The molecular weight excluding hydrogens is 352 g/mol. The third kappa shape index (κ3) is 5.07. The number of aryl methyl sites for hydroxylation is 3. The first-order chi connectivity index (χ1) is 13.5. The van der Waals surface area contributed by atoms with Gasteiger partial charge in [0, 0.05) is 36.7 Å². The van der Waals surface area contributed by atoms with Crippen LogP contribution in [0.5, 0.6) is 0 Å². The molecule has 6 nitrogen and oxygen atoms in total. The lowest BCUT2D eigenvalue weighted by Crippen LogP contribution is -2.36. The van der Waals surface area contributed by atoms with E-state index in [1.807, 2.05) is 73.1 Å². The predicted octanol–water partition coefficient (Wildman–Crippen LogP) is 3.31. The van der Waals surface area contributed by atoms with Gasteiger partial charge in [0.1, 0.15) is 5.82 Å². The van der Waals surface area contributed by atoms with Gasteiger partial charge in [0.15, 0.2) is 0 Å². The molecule has 28 heavy (non-hydrogen) atoms. The van der Waals surface area contributed by atoms with Crippen LogP contribution < -0.4 is 10.6 Å². The number of carbonyl (C=O) groups excluding carboxylic acids is 2. The van der Waals surface area contributed by atoms with Crippen molar-refractivity contribution in [3.05, 3.63) is 72.1 Å². The number of hydrogen-bond acceptors (Lipinski definition) is 3. The van der Waals surface area contributed by atoms with E-state index in [4.69, 9.17) is 0 Å². The number of anilines is 1. The number of nitrogens with one attached hydrogen (secondary N) is 2. The van der Waals surface area contributed by atoms with Crippen LogP contribution in [0, 0.1) is 13.8 Å². The first kappa shape index (κ1) is 19.4. The summed E-state index contributed by atoms with van der Waals surface area (Å²) in [5.41, 5.74) is 3.74. The molecule has 1 aromatic heterocycles. The largest absolute Gasteiger partial charge is 0.348 e. The fraction of sp³-hybridized carbons (Fsp3) is 0.227. The Kier molecular flexibility index (Phi) is 6.22. The van der Waals surface area contributed by atoms with Crippen LogP contribution in [-0.4, -0.2) is 27.9 Å². The van der Waals surface area contributed by atoms with Crippen LogP contribution in [0.3, 0.4) is 0 Å². The molecule has 0 atom stereocenters. The molecule has 3 rings (SSSR count). The highest BCUT2D eigenvalue weighted by molar-refractivity contribution is 6.39. The van der Waals surface area contributed by atoms with Crippen LogP contribution in [0.4, 0.5) is 5.69 Å². The molecule has 0 aliphatic heterocycles. The van der Waals surface area contributed by atoms with Gasteiger partial charge in [-0.15, -0.1) is 0 Å². The molecule has 0 aliphatic rings. The minimum Gasteiger partial charge on any atom is -0.348 e. The molecule has 0 spiro atoms. The highest BCUT2D eigenvalue weighted by Gasteiger charge is 2.13. The third-order valence-electron chi connectivity index (χ3n) is 4.29. The lowest BCUT2D eigenvalue weighted by molar-refractivity contribution is -0.136. The van der Waals surface area contributed by atoms with Gasteiger partial charge in [0.2, 0.25) is 0 Å². The van der Waals surface area contributed by atoms with E-state index in [0.29, 0.717) is 25.2 Å². The Morgan fingerprint density at radius 2 is 1.71 bits per heavy atom. The lowest BCUT2D eigenvalue weighted by atomic mass is 10.1. The van der Waals surface area contributed by atoms with Crippen molar-refractivity contribution >= 4 is 17.5 Å². The fourth-order valence-corrected chi connectivity index (χ4v) is 3.10. The van der Waals surface area contributed by atoms with Crippen molar-refractivity contribution in [1.82, 2.24) is 14.9 Å². The van der Waals surface area contributed by atoms with Crippen LogP contribution in [0.2, 0.25) is 0 Å². The molecule has 0 aliphatic carbocycles. The van der Waals surface area contributed by atoms with Gasteiger partial charge in [0.05, 0.1) is 0 Å². The summed E-state index contributed by atoms with van der Waals surface area (Å²) in [5.74, 6) is -0.398. The SMILES string of the molecule is Cc1cc(C)cc(NC(=O)C(=O)NCCCn2ccnc2-c2ccccc2)c1. The maximum atomic E-state index is 12.1. The monoisotopic (exact) mass is 376 g/mol. The summed E-state index contributed by atoms with van der Waals surface area (Å²) in [6.45, 7) is 5.00. The van der Waals surface area contributed by atoms with Crippen LogP contribution in [0.1, 0.15) is 17.5 Å². The molecule has 0 saturated heterocycles. The molecule has 6 heteroatoms. The van der Waals surface area contributed by atoms with Crippen molar-refractivity contribution in [2.75, 3.05) is 11.9 Å². The summed E-state index contributed by atoms with van der Waals surface area (Å²) < 4.78 is 2.04. The van der Waals surface area contributed by atoms with Crippen molar-refractivity contribution < 1.29 is 9.59 Å². The number of carbonyl (C=O) groups is 2. The van der Waals surface area contributed by atoms with Crippen molar-refractivity contribution in [3.63, 3.8) is 0 Å². The summed E-state index contributed by atoms with van der Waals surface area (Å²) in [5, 5.41) is 5.31. The second kappa shape index (κ2) is 8.99. The Morgan fingerprint density at radius 1 is 1.00 bits per heavy atom. The van der Waals surface area contributed by atoms with Gasteiger partial charge in [0.25, 0.3) is 0 Å². The quantitative estimate of drug-likeness (QED) is 0.512. The second-order valence-corrected chi connectivity index (χ2v) is 6.75. The zero-order valence-corrected chi connectivity index (χ0v) is 16.1. The molecular formula is C22H24N4O2. The second-order valence-electron chi connectivity index (χ2n) is 6.75. The average molecular weight is 376 g/mol. The van der Waals surface area contributed by atoms with E-state index in [1.54, 1.807) is 6.20 Å². The van der Waals surface area contributed by atoms with Crippen molar-refractivity contribution in [3.8, 4) is 11.4 Å². The number of nitrogens with zero attached hydrogens (tertiary/aromatic N) is 2. The Balaban J connectivity index is 1.47. The van der Waals surface area contributed by atoms with Crippen molar-refractivity contribution in [2.24, 2.45) is 0 Å². The molecule has 0 saturated carbocycles. The third-order valence-corrected chi connectivity index (χ3v) is 4.29. The molecule has 3 aromatic rings. The van der Waals surface area contributed by atoms with E-state index < -0.39 is 11.8 Å². The number of benzene rings is 2. The van der Waals surface area contributed by atoms with Gasteiger partial charge in [-0.1, -0.05) is 36.4 Å². The molecule has 144 valence electrons. The van der Waals surface area contributed by atoms with Crippen LogP contribution in [0.15, 0.2) is 60.9 Å². The van der Waals surface area contributed by atoms with Crippen LogP contribution in [0.25, 0.3) is 11.4 Å². The lowest BCUT2D eigenvalue weighted by Gasteiger charge is -2.10. The highest BCUT2D eigenvalue weighted by Crippen LogP contribution is 2.17. The standard InChI is InChI=1S/C22H24N4O2/c1-16-13-17(2)15-19(14-16)25-22(28)21(27)24-9-6-11-26-12-10-23-20(26)18-7-4-3-5-8-18/h3-5,7-8,10,12-15H,6,9,11H2,1-2H3,(H,24,27)(H,25,28). The predicted molar refractivity (Wildman–Crippen MR) is 110 cm³/mol. The average Bonchev–Trinajstić information content (AvgIpc) is 3.13. The van der Waals surface area contributed by atoms with Gasteiger partial charge >= 0.3 is 11.8 Å². The zero-order chi connectivity index (χ0) is 19.9. The number of aromatic nitrogens is 2. The molecule has 0 unspecified atom stereocenters. The highest BCUT2D eigenvalue weighted by atomic mass is 16.2. The topological polar surface area (TPSA) is 76.0 Å². The van der Waals surface area contributed by atoms with Gasteiger partial charge < -0.3 is 15.2 Å². The van der Waals surface area contributed by atoms with E-state index >= 15 is 0 Å². The van der Waals surface area contributed by atoms with E-state index in [0.717, 1.165) is 22.5 Å². The van der Waals surface area contributed by atoms with Crippen molar-refractivity contribution in [2.45, 2.75) is 26.8 Å². The summed E-state index contributed by atoms with van der Waals surface area (Å²) in [4.78, 5) is 28.5. The molecule has 2 amide bonds. The minimum absolute atomic E-state index is 0.408. The van der Waals surface area contributed by atoms with E-state index in [-0.39, 0.29) is 0 Å². The smallest absolute Gasteiger partial charge is 0.313 e. The van der Waals surface area contributed by atoms with E-state index in [1.165, 1.54) is 0 Å². The van der Waals surface area contributed by atoms with Gasteiger partial charge in [-0.25, -0.2) is 4.98 Å². The Morgan fingerprint density at radius 3 is 2.43 bits per heavy atom. The van der Waals surface area contributed by atoms with Crippen LogP contribution >= 0.6 is 0 Å². The van der Waals surface area contributed by atoms with Crippen molar-refractivity contribution in [1.29, 1.82) is 0 Å². The Labute approximate surface area is 164 Å². The Hall–Kier alpha value is -3.41. The Bertz CT molecular complexity index is 943. The first-order valence-electron chi connectivity index (χ1n) is 9.27. The summed E-state index contributed by atoms with van der Waals surface area (Å²) in [6.07, 6.45) is 4.37. The zero-order valence-electron chi connectivity index (χ0n) is 16.1. The minimum atomic E-state index is -0.655. The normalized spacial score (nSPS) is 10.5. The number of hydrogen-bond donors (Lipinski definition) is 2. The molecule has 2 N–H and O–H groups in total. The van der Waals surface area contributed by atoms with E-state index in [9.17, 15) is 9.59 Å². The molecule has 1 heterocycles. The first-order valence-corrected chi connectivity index (χ1v) is 9.27. The van der Waals surface area contributed by atoms with Gasteiger partial charge in [-0.3, -0.25) is 9.59 Å². The fourth-order valence-electron chi connectivity index (χ4n) is 3.10. The molecule has 0 bridgehead atoms. The molecule has 2 aromatic carbocycles. The maximum Gasteiger partial charge on any atom is 0.313 e. The number of amides is 2. The number of rotatable bonds is 6. The summed E-state index contributed by atoms with van der Waals surface area (Å²) >= 11 is 0.